The van der Waals surface area contributed by atoms with Gasteiger partial charge in [0.2, 0.25) is 5.91 Å². The van der Waals surface area contributed by atoms with Crippen molar-refractivity contribution < 1.29 is 42.3 Å². The molecule has 0 saturated heterocycles. The summed E-state index contributed by atoms with van der Waals surface area (Å²) in [6, 6.07) is 0. The molecule has 0 aromatic carbocycles. The maximum atomic E-state index is 12.4. The molecule has 0 aromatic heterocycles. The summed E-state index contributed by atoms with van der Waals surface area (Å²) in [5.74, 6) is -3.18. The molecule has 3 N–H and O–H groups in total. The zero-order valence-electron chi connectivity index (χ0n) is 24.3. The van der Waals surface area contributed by atoms with E-state index in [0.29, 0.717) is 12.8 Å². The molecular formula is C26H47NNa2O9S. The second-order valence-corrected chi connectivity index (χ2v) is 10.8. The summed E-state index contributed by atoms with van der Waals surface area (Å²) < 4.78 is 35.8. The van der Waals surface area contributed by atoms with E-state index in [1.54, 1.807) is 0 Å². The van der Waals surface area contributed by atoms with Crippen LogP contribution in [0.4, 0.5) is 0 Å². The summed E-state index contributed by atoms with van der Waals surface area (Å²) in [4.78, 5) is 36.4. The third kappa shape index (κ3) is 25.5. The van der Waals surface area contributed by atoms with Gasteiger partial charge in [0.05, 0.1) is 19.6 Å². The number of carboxylic acid groups (broad SMARTS) is 1. The van der Waals surface area contributed by atoms with E-state index in [0.717, 1.165) is 38.5 Å². The number of nitrogens with zero attached hydrogens (tertiary/aromatic N) is 1. The van der Waals surface area contributed by atoms with Gasteiger partial charge < -0.3 is 19.8 Å². The predicted octanol–water partition coefficient (Wildman–Crippen LogP) is 3.36. The number of aliphatic hydroxyl groups excluding tert-OH is 1. The first-order valence-corrected chi connectivity index (χ1v) is 15.0. The fourth-order valence-corrected chi connectivity index (χ4v) is 4.39. The Morgan fingerprint density at radius 2 is 1.36 bits per heavy atom. The van der Waals surface area contributed by atoms with E-state index in [2.05, 4.69) is 19.1 Å². The molecule has 0 bridgehead atoms. The fourth-order valence-electron chi connectivity index (χ4n) is 3.79. The second kappa shape index (κ2) is 28.2. The second-order valence-electron chi connectivity index (χ2n) is 9.21. The standard InChI is InChI=1S/C26H47NO9S.2Na/c1-2-3-4-5-6-7-8-9-10-11-12-13-14-15-16-17-24(29)27(18-20-28)19-21-36-25(30)22-23(26(31)32)37(33,34)35;;/h9-10,23,28H,2-8,11-22H2,1H3,(H,31,32)(H,33,34,35);;/b10-9-;;. The molecule has 0 saturated carbocycles. The fraction of sp³-hybridized carbons (Fsp3) is 0.808. The zero-order chi connectivity index (χ0) is 27.9. The van der Waals surface area contributed by atoms with E-state index in [9.17, 15) is 27.9 Å². The van der Waals surface area contributed by atoms with E-state index in [4.69, 9.17) is 14.4 Å². The summed E-state index contributed by atoms with van der Waals surface area (Å²) in [5, 5.41) is 15.7. The molecule has 0 spiro atoms. The minimum absolute atomic E-state index is 0. The molecule has 218 valence electrons. The number of rotatable bonds is 24. The maximum absolute atomic E-state index is 12.4. The van der Waals surface area contributed by atoms with Gasteiger partial charge in [-0.25, -0.2) is 0 Å². The number of aliphatic hydroxyl groups is 1. The third-order valence-corrected chi connectivity index (χ3v) is 7.07. The van der Waals surface area contributed by atoms with Crippen molar-refractivity contribution >= 4 is 87.1 Å². The number of carboxylic acids is 1. The number of unbranched alkanes of at least 4 members (excludes halogenated alkanes) is 11. The number of hydrogen-bond donors (Lipinski definition) is 3. The van der Waals surface area contributed by atoms with Gasteiger partial charge in [-0.05, 0) is 32.1 Å². The summed E-state index contributed by atoms with van der Waals surface area (Å²) in [6.07, 6.45) is 18.8. The number of aliphatic carboxylic acids is 1. The van der Waals surface area contributed by atoms with Gasteiger partial charge in [-0.2, -0.15) is 8.42 Å². The van der Waals surface area contributed by atoms with Crippen molar-refractivity contribution in [2.24, 2.45) is 0 Å². The molecule has 0 rings (SSSR count). The van der Waals surface area contributed by atoms with Gasteiger partial charge in [-0.15, -0.1) is 0 Å². The van der Waals surface area contributed by atoms with Crippen molar-refractivity contribution in [3.05, 3.63) is 12.2 Å². The van der Waals surface area contributed by atoms with Crippen LogP contribution in [0.15, 0.2) is 12.2 Å². The summed E-state index contributed by atoms with van der Waals surface area (Å²) >= 11 is 0. The Kier molecular flexibility index (Phi) is 31.4. The van der Waals surface area contributed by atoms with E-state index >= 15 is 0 Å². The summed E-state index contributed by atoms with van der Waals surface area (Å²) in [5.41, 5.74) is 0. The maximum Gasteiger partial charge on any atom is 0.325 e. The van der Waals surface area contributed by atoms with E-state index < -0.39 is 33.7 Å². The third-order valence-electron chi connectivity index (χ3n) is 5.99. The number of esters is 1. The average Bonchev–Trinajstić information content (AvgIpc) is 2.83. The molecule has 1 atom stereocenters. The first-order chi connectivity index (χ1) is 17.6. The molecule has 0 aliphatic rings. The van der Waals surface area contributed by atoms with Crippen molar-refractivity contribution in [1.82, 2.24) is 4.90 Å². The van der Waals surface area contributed by atoms with Crippen LogP contribution in [-0.2, 0) is 29.2 Å². The SMILES string of the molecule is CCCCCCCC/C=C\CCCCCCCC(=O)N(CCO)CCOC(=O)CC(C(=O)O)S(=O)(=O)O.[Na].[Na]. The van der Waals surface area contributed by atoms with Crippen LogP contribution in [0.1, 0.15) is 103 Å². The normalized spacial score (nSPS) is 11.9. The number of amides is 1. The Labute approximate surface area is 279 Å². The number of ether oxygens (including phenoxy) is 1. The number of carbonyl (C=O) groups is 3. The molecule has 0 aromatic rings. The minimum Gasteiger partial charge on any atom is -0.480 e. The van der Waals surface area contributed by atoms with Gasteiger partial charge >= 0.3 is 11.9 Å². The number of carbonyl (C=O) groups excluding carboxylic acids is 2. The van der Waals surface area contributed by atoms with Crippen LogP contribution in [0.25, 0.3) is 0 Å². The van der Waals surface area contributed by atoms with Crippen molar-refractivity contribution in [3.63, 3.8) is 0 Å². The van der Waals surface area contributed by atoms with Crippen molar-refractivity contribution in [2.75, 3.05) is 26.3 Å². The van der Waals surface area contributed by atoms with Gasteiger partial charge in [0.1, 0.15) is 6.61 Å². The van der Waals surface area contributed by atoms with Crippen molar-refractivity contribution in [1.29, 1.82) is 0 Å². The van der Waals surface area contributed by atoms with Crippen LogP contribution < -0.4 is 0 Å². The predicted molar refractivity (Wildman–Crippen MR) is 153 cm³/mol. The van der Waals surface area contributed by atoms with Crippen LogP contribution in [-0.4, -0.2) is 137 Å². The van der Waals surface area contributed by atoms with Crippen LogP contribution in [0.5, 0.6) is 0 Å². The van der Waals surface area contributed by atoms with E-state index in [1.807, 2.05) is 0 Å². The number of hydrogen-bond acceptors (Lipinski definition) is 7. The number of allylic oxidation sites excluding steroid dienone is 2. The molecule has 0 aliphatic carbocycles. The summed E-state index contributed by atoms with van der Waals surface area (Å²) in [6.45, 7) is 1.72. The Balaban J connectivity index is -0.00000648. The van der Waals surface area contributed by atoms with Crippen molar-refractivity contribution in [2.45, 2.75) is 108 Å². The molecule has 0 fully saturated rings. The van der Waals surface area contributed by atoms with Gasteiger partial charge in [-0.1, -0.05) is 70.4 Å². The van der Waals surface area contributed by atoms with Gasteiger partial charge in [0.15, 0.2) is 5.25 Å². The summed E-state index contributed by atoms with van der Waals surface area (Å²) in [7, 11) is -4.95. The topological polar surface area (TPSA) is 159 Å². The smallest absolute Gasteiger partial charge is 0.325 e. The average molecular weight is 596 g/mol. The first kappa shape index (κ1) is 43.5. The molecule has 13 heteroatoms. The molecule has 2 radical (unpaired) electrons. The largest absolute Gasteiger partial charge is 0.480 e. The molecule has 0 aliphatic heterocycles. The quantitative estimate of drug-likeness (QED) is 0.0500. The Morgan fingerprint density at radius 1 is 0.846 bits per heavy atom. The van der Waals surface area contributed by atoms with Crippen LogP contribution >= 0.6 is 0 Å². The molecular weight excluding hydrogens is 548 g/mol. The molecule has 1 unspecified atom stereocenters. The Bertz CT molecular complexity index is 779. The molecule has 10 nitrogen and oxygen atoms in total. The molecule has 0 heterocycles. The monoisotopic (exact) mass is 595 g/mol. The van der Waals surface area contributed by atoms with Crippen LogP contribution in [0.2, 0.25) is 0 Å². The molecule has 39 heavy (non-hydrogen) atoms. The van der Waals surface area contributed by atoms with Crippen LogP contribution in [0.3, 0.4) is 0 Å². The van der Waals surface area contributed by atoms with Gasteiger partial charge in [0, 0.05) is 72.1 Å². The van der Waals surface area contributed by atoms with Gasteiger partial charge in [0.25, 0.3) is 10.1 Å². The minimum atomic E-state index is -4.95. The zero-order valence-corrected chi connectivity index (χ0v) is 29.1. The Morgan fingerprint density at radius 3 is 1.85 bits per heavy atom. The van der Waals surface area contributed by atoms with Crippen LogP contribution in [0, 0.1) is 0 Å². The van der Waals surface area contributed by atoms with Gasteiger partial charge in [-0.3, -0.25) is 18.9 Å². The van der Waals surface area contributed by atoms with E-state index in [-0.39, 0.29) is 91.3 Å². The first-order valence-electron chi connectivity index (χ1n) is 13.5. The molecule has 1 amide bonds. The van der Waals surface area contributed by atoms with Crippen molar-refractivity contribution in [3.8, 4) is 0 Å². The Hall–Kier alpha value is 0.0200. The van der Waals surface area contributed by atoms with E-state index in [1.165, 1.54) is 43.4 Å².